The summed E-state index contributed by atoms with van der Waals surface area (Å²) in [7, 11) is 0. The Bertz CT molecular complexity index is 3660. The molecule has 2 atom stereocenters. The minimum atomic E-state index is -0.227. The van der Waals surface area contributed by atoms with Crippen LogP contribution in [0.4, 0.5) is 22.7 Å². The molecular weight excluding hydrogens is 917 g/mol. The zero-order valence-corrected chi connectivity index (χ0v) is 43.9. The molecule has 0 fully saturated rings. The molecule has 8 aromatic carbocycles. The van der Waals surface area contributed by atoms with Crippen molar-refractivity contribution in [3.63, 3.8) is 0 Å². The van der Waals surface area contributed by atoms with E-state index in [4.69, 9.17) is 0 Å². The second kappa shape index (κ2) is 19.2. The third-order valence-electron chi connectivity index (χ3n) is 16.8. The molecule has 0 heterocycles. The van der Waals surface area contributed by atoms with E-state index in [0.29, 0.717) is 0 Å². The molecule has 2 heteroatoms. The fourth-order valence-corrected chi connectivity index (χ4v) is 12.7. The van der Waals surface area contributed by atoms with Gasteiger partial charge in [-0.3, -0.25) is 0 Å². The Kier molecular flexibility index (Phi) is 11.9. The first kappa shape index (κ1) is 47.0. The first-order valence-corrected chi connectivity index (χ1v) is 27.1. The highest BCUT2D eigenvalue weighted by atomic mass is 15.2. The topological polar surface area (TPSA) is 6.48 Å². The van der Waals surface area contributed by atoms with E-state index in [1.807, 2.05) is 0 Å². The molecule has 76 heavy (non-hydrogen) atoms. The zero-order chi connectivity index (χ0) is 51.4. The fourth-order valence-electron chi connectivity index (χ4n) is 12.7. The largest absolute Gasteiger partial charge is 0.311 e. The van der Waals surface area contributed by atoms with Crippen molar-refractivity contribution < 1.29 is 0 Å². The van der Waals surface area contributed by atoms with E-state index < -0.39 is 0 Å². The van der Waals surface area contributed by atoms with Crippen LogP contribution in [0.25, 0.3) is 44.5 Å². The number of benzene rings is 8. The van der Waals surface area contributed by atoms with Gasteiger partial charge in [-0.15, -0.1) is 0 Å². The summed E-state index contributed by atoms with van der Waals surface area (Å²) >= 11 is 0. The van der Waals surface area contributed by atoms with Gasteiger partial charge in [-0.05, 0) is 169 Å². The Morgan fingerprint density at radius 2 is 0.921 bits per heavy atom. The number of hydrogen-bond acceptors (Lipinski definition) is 2. The van der Waals surface area contributed by atoms with Gasteiger partial charge in [0.25, 0.3) is 0 Å². The molecule has 0 saturated heterocycles. The normalized spacial score (nSPS) is 18.3. The summed E-state index contributed by atoms with van der Waals surface area (Å²) in [6, 6.07) is 73.7. The van der Waals surface area contributed by atoms with Crippen LogP contribution >= 0.6 is 0 Å². The molecule has 8 aromatic rings. The van der Waals surface area contributed by atoms with Crippen LogP contribution in [-0.2, 0) is 10.8 Å². The molecule has 2 nitrogen and oxygen atoms in total. The van der Waals surface area contributed by atoms with Crippen LogP contribution in [0.3, 0.4) is 0 Å². The van der Waals surface area contributed by atoms with Gasteiger partial charge in [-0.1, -0.05) is 228 Å². The van der Waals surface area contributed by atoms with Crippen LogP contribution in [-0.4, -0.2) is 0 Å². The van der Waals surface area contributed by atoms with Gasteiger partial charge in [0.2, 0.25) is 0 Å². The number of allylic oxidation sites excluding steroid dienone is 14. The smallest absolute Gasteiger partial charge is 0.0461 e. The molecule has 0 aromatic heterocycles. The summed E-state index contributed by atoms with van der Waals surface area (Å²) in [4.78, 5) is 4.92. The van der Waals surface area contributed by atoms with Crippen molar-refractivity contribution in [2.45, 2.75) is 57.3 Å². The van der Waals surface area contributed by atoms with Gasteiger partial charge in [0.1, 0.15) is 0 Å². The second-order valence-electron chi connectivity index (χ2n) is 22.0. The summed E-state index contributed by atoms with van der Waals surface area (Å²) in [5.74, 6) is 0.535. The van der Waals surface area contributed by atoms with Crippen molar-refractivity contribution in [1.29, 1.82) is 0 Å². The summed E-state index contributed by atoms with van der Waals surface area (Å²) in [6.45, 7) is 9.85. The Morgan fingerprint density at radius 1 is 0.434 bits per heavy atom. The maximum Gasteiger partial charge on any atom is 0.0461 e. The molecule has 5 aliphatic carbocycles. The first-order chi connectivity index (χ1) is 37.2. The lowest BCUT2D eigenvalue weighted by molar-refractivity contribution is 0.392. The third kappa shape index (κ3) is 8.39. The Labute approximate surface area is 449 Å². The molecule has 368 valence electrons. The number of hydrogen-bond donors (Lipinski definition) is 0. The molecule has 5 aliphatic rings. The SMILES string of the molecule is CC1(C)C2=CC(N(c3ccc(-c4ccccc4)cc3)c3ccc(-c4ccccc4)cc3)=CCC=C2c2cc3c(cc21)C1C=CC(N(c2ccc(C4=CCC=CC=C4)cc2)c2ccc(-c4ccccc4)cc2)=CC1C3(C)C. The van der Waals surface area contributed by atoms with Crippen molar-refractivity contribution in [2.24, 2.45) is 5.92 Å². The average Bonchev–Trinajstić information content (AvgIpc) is 3.83. The van der Waals surface area contributed by atoms with E-state index in [0.717, 1.165) is 35.6 Å². The molecule has 0 amide bonds. The van der Waals surface area contributed by atoms with Crippen molar-refractivity contribution in [2.75, 3.05) is 9.80 Å². The van der Waals surface area contributed by atoms with Crippen molar-refractivity contribution >= 4 is 33.9 Å². The molecule has 0 bridgehead atoms. The summed E-state index contributed by atoms with van der Waals surface area (Å²) in [6.07, 6.45) is 27.7. The maximum absolute atomic E-state index is 2.60. The maximum atomic E-state index is 2.60. The van der Waals surface area contributed by atoms with Crippen molar-refractivity contribution in [3.8, 4) is 33.4 Å². The summed E-state index contributed by atoms with van der Waals surface area (Å²) in [5.41, 5.74) is 24.9. The summed E-state index contributed by atoms with van der Waals surface area (Å²) < 4.78 is 0. The van der Waals surface area contributed by atoms with Crippen LogP contribution in [0.1, 0.15) is 74.3 Å². The van der Waals surface area contributed by atoms with Crippen LogP contribution < -0.4 is 9.80 Å². The van der Waals surface area contributed by atoms with Crippen molar-refractivity contribution in [3.05, 3.63) is 312 Å². The van der Waals surface area contributed by atoms with Gasteiger partial charge in [0.05, 0.1) is 0 Å². The Hall–Kier alpha value is -8.72. The lowest BCUT2D eigenvalue weighted by Crippen LogP contribution is -2.28. The number of anilines is 4. The monoisotopic (exact) mass is 978 g/mol. The number of fused-ring (bicyclic) bond motifs is 6. The predicted molar refractivity (Wildman–Crippen MR) is 322 cm³/mol. The quantitative estimate of drug-likeness (QED) is 0.135. The second-order valence-corrected chi connectivity index (χ2v) is 22.0. The lowest BCUT2D eigenvalue weighted by atomic mass is 9.73. The third-order valence-corrected chi connectivity index (χ3v) is 16.8. The van der Waals surface area contributed by atoms with E-state index in [1.54, 1.807) is 0 Å². The van der Waals surface area contributed by atoms with Gasteiger partial charge in [0.15, 0.2) is 0 Å². The van der Waals surface area contributed by atoms with E-state index in [2.05, 4.69) is 305 Å². The molecule has 0 radical (unpaired) electrons. The number of nitrogens with zero attached hydrogens (tertiary/aromatic N) is 2. The first-order valence-electron chi connectivity index (χ1n) is 27.1. The average molecular weight is 979 g/mol. The van der Waals surface area contributed by atoms with Crippen LogP contribution in [0.2, 0.25) is 0 Å². The van der Waals surface area contributed by atoms with E-state index in [-0.39, 0.29) is 22.7 Å². The highest BCUT2D eigenvalue weighted by molar-refractivity contribution is 5.92. The minimum Gasteiger partial charge on any atom is -0.311 e. The summed E-state index contributed by atoms with van der Waals surface area (Å²) in [5, 5.41) is 0. The van der Waals surface area contributed by atoms with Gasteiger partial charge >= 0.3 is 0 Å². The van der Waals surface area contributed by atoms with Crippen LogP contribution in [0.5, 0.6) is 0 Å². The standard InChI is InChI=1S/C74H62N2/c1-73(2)69-47-63(75(59-37-29-56(30-38-59)52-21-12-7-13-22-52)60-39-31-57(32-40-60)53-23-14-8-15-24-53)27-18-28-65(69)67-49-72-68(50-71(67)73)66-46-45-64(48-70(66)74(72,3)4)76(62-43-35-58(36-44-62)54-25-16-9-17-26-54)61-41-33-55(34-42-61)51-19-10-5-6-11-20-51/h5-10,12-17,19-50,66,70H,11,18H2,1-4H3. The minimum absolute atomic E-state index is 0.121. The molecule has 0 spiro atoms. The molecule has 0 N–H and O–H groups in total. The van der Waals surface area contributed by atoms with Gasteiger partial charge in [-0.25, -0.2) is 0 Å². The van der Waals surface area contributed by atoms with E-state index in [1.165, 1.54) is 89.3 Å². The highest BCUT2D eigenvalue weighted by Gasteiger charge is 2.49. The molecular formula is C74H62N2. The van der Waals surface area contributed by atoms with Crippen LogP contribution in [0, 0.1) is 5.92 Å². The lowest BCUT2D eigenvalue weighted by Gasteiger charge is -2.35. The number of rotatable bonds is 10. The molecule has 2 unspecified atom stereocenters. The van der Waals surface area contributed by atoms with Gasteiger partial charge < -0.3 is 9.80 Å². The van der Waals surface area contributed by atoms with Crippen LogP contribution in [0.15, 0.2) is 284 Å². The van der Waals surface area contributed by atoms with E-state index in [9.17, 15) is 0 Å². The van der Waals surface area contributed by atoms with Gasteiger partial charge in [-0.2, -0.15) is 0 Å². The zero-order valence-electron chi connectivity index (χ0n) is 43.9. The fraction of sp³-hybridized carbons (Fsp3) is 0.135. The highest BCUT2D eigenvalue weighted by Crippen LogP contribution is 2.59. The predicted octanol–water partition coefficient (Wildman–Crippen LogP) is 19.6. The molecule has 0 saturated carbocycles. The Morgan fingerprint density at radius 3 is 1.45 bits per heavy atom. The Balaban J connectivity index is 0.846. The molecule has 13 rings (SSSR count). The van der Waals surface area contributed by atoms with Gasteiger partial charge in [0, 0.05) is 45.5 Å². The molecule has 0 aliphatic heterocycles. The van der Waals surface area contributed by atoms with E-state index >= 15 is 0 Å². The van der Waals surface area contributed by atoms with Crippen molar-refractivity contribution in [1.82, 2.24) is 0 Å².